The van der Waals surface area contributed by atoms with Crippen molar-refractivity contribution in [3.8, 4) is 0 Å². The summed E-state index contributed by atoms with van der Waals surface area (Å²) >= 11 is 4.29. The van der Waals surface area contributed by atoms with E-state index < -0.39 is 0 Å². The lowest BCUT2D eigenvalue weighted by Crippen LogP contribution is -1.86. The molecule has 1 nitrogen and oxygen atoms in total. The van der Waals surface area contributed by atoms with Crippen LogP contribution in [0.2, 0.25) is 0 Å². The van der Waals surface area contributed by atoms with Crippen molar-refractivity contribution in [2.45, 2.75) is 18.8 Å². The fourth-order valence-corrected chi connectivity index (χ4v) is 1.07. The van der Waals surface area contributed by atoms with Crippen LogP contribution >= 0.6 is 12.6 Å². The van der Waals surface area contributed by atoms with Crippen LogP contribution in [0.4, 0.5) is 0 Å². The van der Waals surface area contributed by atoms with Gasteiger partial charge in [-0.15, -0.1) is 0 Å². The van der Waals surface area contributed by atoms with Gasteiger partial charge in [-0.3, -0.25) is 0 Å². The number of rotatable bonds is 2. The smallest absolute Gasteiger partial charge is 0.0681 e. The zero-order valence-electron chi connectivity index (χ0n) is 6.49. The maximum Gasteiger partial charge on any atom is 0.0681 e. The number of aliphatic hydroxyl groups excluding tert-OH is 1. The van der Waals surface area contributed by atoms with Gasteiger partial charge in [0.2, 0.25) is 0 Å². The first-order valence-corrected chi connectivity index (χ1v) is 4.13. The van der Waals surface area contributed by atoms with Gasteiger partial charge in [-0.25, -0.2) is 0 Å². The summed E-state index contributed by atoms with van der Waals surface area (Å²) in [5.41, 5.74) is 2.13. The average molecular weight is 168 g/mol. The molecule has 0 fully saturated rings. The van der Waals surface area contributed by atoms with Gasteiger partial charge in [-0.05, 0) is 18.1 Å². The molecule has 11 heavy (non-hydrogen) atoms. The molecule has 0 spiro atoms. The number of aliphatic hydroxyl groups is 1. The van der Waals surface area contributed by atoms with E-state index in [0.29, 0.717) is 0 Å². The van der Waals surface area contributed by atoms with Crippen molar-refractivity contribution in [1.82, 2.24) is 0 Å². The van der Waals surface area contributed by atoms with E-state index in [1.165, 1.54) is 5.56 Å². The van der Waals surface area contributed by atoms with Crippen LogP contribution in [0.5, 0.6) is 0 Å². The van der Waals surface area contributed by atoms with E-state index in [9.17, 15) is 0 Å². The highest BCUT2D eigenvalue weighted by molar-refractivity contribution is 7.80. The summed E-state index contributed by atoms with van der Waals surface area (Å²) in [5, 5.41) is 9.01. The van der Waals surface area contributed by atoms with Crippen LogP contribution in [0.15, 0.2) is 24.3 Å². The van der Waals surface area contributed by atoms with Crippen LogP contribution in [0.3, 0.4) is 0 Å². The Balaban J connectivity index is 2.83. The molecule has 1 atom stereocenters. The lowest BCUT2D eigenvalue weighted by Gasteiger charge is -2.04. The van der Waals surface area contributed by atoms with E-state index in [0.717, 1.165) is 5.56 Å². The van der Waals surface area contributed by atoms with Gasteiger partial charge in [0.05, 0.1) is 6.61 Å². The summed E-state index contributed by atoms with van der Waals surface area (Å²) in [6, 6.07) is 7.82. The molecule has 0 aliphatic rings. The summed E-state index contributed by atoms with van der Waals surface area (Å²) < 4.78 is 0. The maximum atomic E-state index is 8.75. The van der Waals surface area contributed by atoms with Crippen molar-refractivity contribution in [3.05, 3.63) is 35.4 Å². The van der Waals surface area contributed by atoms with Crippen LogP contribution < -0.4 is 0 Å². The fraction of sp³-hybridized carbons (Fsp3) is 0.333. The molecule has 60 valence electrons. The van der Waals surface area contributed by atoms with Crippen molar-refractivity contribution in [3.63, 3.8) is 0 Å². The second kappa shape index (κ2) is 3.79. The number of hydrogen-bond acceptors (Lipinski definition) is 2. The van der Waals surface area contributed by atoms with Gasteiger partial charge in [0.15, 0.2) is 0 Å². The van der Waals surface area contributed by atoms with E-state index in [1.54, 1.807) is 0 Å². The normalized spacial score (nSPS) is 13.0. The van der Waals surface area contributed by atoms with Crippen LogP contribution in [0.25, 0.3) is 0 Å². The molecule has 1 aromatic carbocycles. The lowest BCUT2D eigenvalue weighted by atomic mass is 10.1. The molecule has 2 heteroatoms. The standard InChI is InChI=1S/C9H12OS/c1-7(11)9-4-2-8(6-10)3-5-9/h2-5,7,10-11H,6H2,1H3. The van der Waals surface area contributed by atoms with Gasteiger partial charge in [0.1, 0.15) is 0 Å². The maximum absolute atomic E-state index is 8.75. The minimum absolute atomic E-state index is 0.112. The first-order chi connectivity index (χ1) is 5.24. The average Bonchev–Trinajstić information content (AvgIpc) is 2.05. The Morgan fingerprint density at radius 3 is 2.27 bits per heavy atom. The van der Waals surface area contributed by atoms with Gasteiger partial charge >= 0.3 is 0 Å². The van der Waals surface area contributed by atoms with Crippen LogP contribution in [-0.2, 0) is 6.61 Å². The highest BCUT2D eigenvalue weighted by Gasteiger charge is 1.97. The molecule has 1 rings (SSSR count). The van der Waals surface area contributed by atoms with Gasteiger partial charge in [0.25, 0.3) is 0 Å². The molecule has 0 heterocycles. The van der Waals surface area contributed by atoms with Gasteiger partial charge < -0.3 is 5.11 Å². The van der Waals surface area contributed by atoms with E-state index in [4.69, 9.17) is 5.11 Å². The highest BCUT2D eigenvalue weighted by Crippen LogP contribution is 2.18. The molecule has 0 aliphatic carbocycles. The summed E-state index contributed by atoms with van der Waals surface area (Å²) in [4.78, 5) is 0. The second-order valence-corrected chi connectivity index (χ2v) is 3.35. The molecule has 1 aromatic rings. The minimum atomic E-state index is 0.112. The Labute approximate surface area is 72.5 Å². The number of benzene rings is 1. The van der Waals surface area contributed by atoms with Crippen molar-refractivity contribution in [2.24, 2.45) is 0 Å². The third kappa shape index (κ3) is 2.24. The summed E-state index contributed by atoms with van der Waals surface area (Å²) in [6.45, 7) is 2.14. The molecular formula is C9H12OS. The molecule has 0 aromatic heterocycles. The summed E-state index contributed by atoms with van der Waals surface area (Å²) in [5.74, 6) is 0. The molecule has 1 unspecified atom stereocenters. The molecule has 0 amide bonds. The molecule has 0 radical (unpaired) electrons. The molecule has 0 aliphatic heterocycles. The molecular weight excluding hydrogens is 156 g/mol. The Bertz CT molecular complexity index is 216. The van der Waals surface area contributed by atoms with Crippen molar-refractivity contribution < 1.29 is 5.11 Å². The van der Waals surface area contributed by atoms with Crippen molar-refractivity contribution in [2.75, 3.05) is 0 Å². The molecule has 0 saturated carbocycles. The summed E-state index contributed by atoms with van der Waals surface area (Å²) in [7, 11) is 0. The topological polar surface area (TPSA) is 20.2 Å². The SMILES string of the molecule is CC(S)c1ccc(CO)cc1. The monoisotopic (exact) mass is 168 g/mol. The Morgan fingerprint density at radius 1 is 1.36 bits per heavy atom. The van der Waals surface area contributed by atoms with E-state index >= 15 is 0 Å². The van der Waals surface area contributed by atoms with Crippen LogP contribution in [0.1, 0.15) is 23.3 Å². The molecule has 0 saturated heterocycles. The zero-order valence-corrected chi connectivity index (χ0v) is 7.38. The number of hydrogen-bond donors (Lipinski definition) is 2. The first kappa shape index (κ1) is 8.62. The van der Waals surface area contributed by atoms with Crippen molar-refractivity contribution >= 4 is 12.6 Å². The minimum Gasteiger partial charge on any atom is -0.392 e. The zero-order chi connectivity index (χ0) is 8.27. The molecule has 0 bridgehead atoms. The first-order valence-electron chi connectivity index (χ1n) is 3.62. The second-order valence-electron chi connectivity index (χ2n) is 2.58. The predicted molar refractivity (Wildman–Crippen MR) is 49.8 cm³/mol. The Morgan fingerprint density at radius 2 is 1.91 bits per heavy atom. The third-order valence-electron chi connectivity index (χ3n) is 1.64. The van der Waals surface area contributed by atoms with E-state index in [1.807, 2.05) is 31.2 Å². The van der Waals surface area contributed by atoms with E-state index in [2.05, 4.69) is 12.6 Å². The Kier molecular flexibility index (Phi) is 2.97. The van der Waals surface area contributed by atoms with Gasteiger partial charge in [-0.1, -0.05) is 24.3 Å². The van der Waals surface area contributed by atoms with Crippen molar-refractivity contribution in [1.29, 1.82) is 0 Å². The highest BCUT2D eigenvalue weighted by atomic mass is 32.1. The van der Waals surface area contributed by atoms with Crippen LogP contribution in [-0.4, -0.2) is 5.11 Å². The van der Waals surface area contributed by atoms with E-state index in [-0.39, 0.29) is 11.9 Å². The fourth-order valence-electron chi connectivity index (χ4n) is 0.902. The third-order valence-corrected chi connectivity index (χ3v) is 1.94. The Hall–Kier alpha value is -0.470. The lowest BCUT2D eigenvalue weighted by molar-refractivity contribution is 0.282. The quantitative estimate of drug-likeness (QED) is 0.648. The number of thiol groups is 1. The van der Waals surface area contributed by atoms with Crippen LogP contribution in [0, 0.1) is 0 Å². The van der Waals surface area contributed by atoms with Gasteiger partial charge in [-0.2, -0.15) is 12.6 Å². The van der Waals surface area contributed by atoms with Gasteiger partial charge in [0, 0.05) is 5.25 Å². The largest absolute Gasteiger partial charge is 0.392 e. The molecule has 1 N–H and O–H groups in total. The summed E-state index contributed by atoms with van der Waals surface area (Å²) in [6.07, 6.45) is 0. The predicted octanol–water partition coefficient (Wildman–Crippen LogP) is 2.17.